The van der Waals surface area contributed by atoms with E-state index in [0.717, 1.165) is 11.1 Å². The number of carbonyl (C=O) groups is 2. The van der Waals surface area contributed by atoms with Gasteiger partial charge in [-0.1, -0.05) is 83.9 Å². The first kappa shape index (κ1) is 33.4. The van der Waals surface area contributed by atoms with E-state index in [4.69, 9.17) is 32.7 Å². The first-order chi connectivity index (χ1) is 22.2. The molecule has 1 aliphatic heterocycles. The monoisotopic (exact) mass is 681 g/mol. The van der Waals surface area contributed by atoms with Crippen LogP contribution < -0.4 is 10.1 Å². The summed E-state index contributed by atoms with van der Waals surface area (Å²) in [6.45, 7) is 1.12. The van der Waals surface area contributed by atoms with E-state index < -0.39 is 34.5 Å². The molecule has 12 heteroatoms. The summed E-state index contributed by atoms with van der Waals surface area (Å²) in [6, 6.07) is 28.2. The zero-order valence-corrected chi connectivity index (χ0v) is 27.2. The van der Waals surface area contributed by atoms with Crippen LogP contribution in [0.25, 0.3) is 0 Å². The van der Waals surface area contributed by atoms with Gasteiger partial charge in [-0.15, -0.1) is 0 Å². The smallest absolute Gasteiger partial charge is 0.261 e. The summed E-state index contributed by atoms with van der Waals surface area (Å²) in [5, 5.41) is 4.00. The highest BCUT2D eigenvalue weighted by atomic mass is 35.5. The quantitative estimate of drug-likeness (QED) is 0.212. The Labute approximate surface area is 278 Å². The first-order valence-electron chi connectivity index (χ1n) is 14.6. The molecular weight excluding hydrogens is 649 g/mol. The van der Waals surface area contributed by atoms with Gasteiger partial charge in [0, 0.05) is 36.2 Å². The maximum Gasteiger partial charge on any atom is 0.261 e. The van der Waals surface area contributed by atoms with Crippen LogP contribution >= 0.6 is 23.2 Å². The summed E-state index contributed by atoms with van der Waals surface area (Å²) >= 11 is 12.4. The van der Waals surface area contributed by atoms with Crippen molar-refractivity contribution >= 4 is 45.0 Å². The van der Waals surface area contributed by atoms with Gasteiger partial charge in [0.05, 0.1) is 18.1 Å². The molecule has 0 radical (unpaired) electrons. The number of nitrogens with zero attached hydrogens (tertiary/aromatic N) is 2. The van der Waals surface area contributed by atoms with E-state index in [2.05, 4.69) is 5.32 Å². The van der Waals surface area contributed by atoms with Gasteiger partial charge < -0.3 is 19.7 Å². The Kier molecular flexibility index (Phi) is 11.3. The summed E-state index contributed by atoms with van der Waals surface area (Å²) in [4.78, 5) is 29.4. The van der Waals surface area contributed by atoms with Crippen LogP contribution in [0.1, 0.15) is 22.7 Å². The summed E-state index contributed by atoms with van der Waals surface area (Å²) in [7, 11) is -3.68. The maximum absolute atomic E-state index is 13.9. The predicted molar refractivity (Wildman–Crippen MR) is 176 cm³/mol. The first-order valence-corrected chi connectivity index (χ1v) is 16.8. The second kappa shape index (κ2) is 15.6. The lowest BCUT2D eigenvalue weighted by molar-refractivity contribution is -0.143. The molecule has 2 amide bonds. The zero-order chi connectivity index (χ0) is 32.5. The van der Waals surface area contributed by atoms with Gasteiger partial charge in [-0.2, -0.15) is 4.31 Å². The summed E-state index contributed by atoms with van der Waals surface area (Å²) < 4.78 is 38.5. The Hall–Kier alpha value is -3.93. The topological polar surface area (TPSA) is 105 Å². The molecule has 9 nitrogen and oxygen atoms in total. The number of hydrogen-bond acceptors (Lipinski definition) is 6. The normalized spacial score (nSPS) is 14.3. The Morgan fingerprint density at radius 1 is 0.870 bits per heavy atom. The Bertz CT molecular complexity index is 1730. The molecule has 240 valence electrons. The van der Waals surface area contributed by atoms with Gasteiger partial charge in [0.25, 0.3) is 5.91 Å². The molecule has 0 aliphatic carbocycles. The van der Waals surface area contributed by atoms with Crippen molar-refractivity contribution in [2.75, 3.05) is 32.9 Å². The maximum atomic E-state index is 13.9. The van der Waals surface area contributed by atoms with Crippen molar-refractivity contribution in [3.63, 3.8) is 0 Å². The number of morpholine rings is 1. The number of carbonyl (C=O) groups excluding carboxylic acids is 2. The molecule has 0 aromatic heterocycles. The molecule has 1 fully saturated rings. The largest absolute Gasteiger partial charge is 0.484 e. The van der Waals surface area contributed by atoms with Crippen LogP contribution in [0.5, 0.6) is 5.75 Å². The molecule has 1 aliphatic rings. The van der Waals surface area contributed by atoms with Crippen LogP contribution in [0, 0.1) is 0 Å². The minimum atomic E-state index is -3.68. The predicted octanol–water partition coefficient (Wildman–Crippen LogP) is 5.48. The summed E-state index contributed by atoms with van der Waals surface area (Å²) in [5.41, 5.74) is 2.11. The van der Waals surface area contributed by atoms with Crippen LogP contribution in [-0.4, -0.2) is 62.3 Å². The number of amides is 2. The van der Waals surface area contributed by atoms with Crippen molar-refractivity contribution in [2.45, 2.75) is 24.0 Å². The number of nitrogens with one attached hydrogen (secondary N) is 1. The van der Waals surface area contributed by atoms with E-state index >= 15 is 0 Å². The van der Waals surface area contributed by atoms with E-state index in [1.54, 1.807) is 54.6 Å². The Morgan fingerprint density at radius 2 is 1.52 bits per heavy atom. The third kappa shape index (κ3) is 8.45. The Balaban J connectivity index is 1.37. The third-order valence-corrected chi connectivity index (χ3v) is 10.0. The molecule has 5 rings (SSSR count). The van der Waals surface area contributed by atoms with Crippen molar-refractivity contribution in [2.24, 2.45) is 0 Å². The van der Waals surface area contributed by atoms with Gasteiger partial charge >= 0.3 is 0 Å². The van der Waals surface area contributed by atoms with E-state index in [9.17, 15) is 18.0 Å². The number of ether oxygens (including phenoxy) is 2. The second-order valence-electron chi connectivity index (χ2n) is 10.5. The standard InChI is InChI=1S/C34H33Cl2N3O6S/c35-28-12-10-25(11-13-28)23-39(33(26-6-2-1-3-7-26)34(41)37-22-27-8-4-5-9-31(27)36)32(40)24-45-29-14-16-30(17-15-29)46(42,43)38-18-20-44-21-19-38/h1-17,33H,18-24H2,(H,37,41)/t33-/m1/s1. The molecule has 0 saturated carbocycles. The number of hydrogen-bond donors (Lipinski definition) is 1. The lowest BCUT2D eigenvalue weighted by Crippen LogP contribution is -2.45. The van der Waals surface area contributed by atoms with E-state index in [1.807, 2.05) is 24.3 Å². The van der Waals surface area contributed by atoms with Gasteiger partial charge in [-0.25, -0.2) is 8.42 Å². The summed E-state index contributed by atoms with van der Waals surface area (Å²) in [6.07, 6.45) is 0. The fourth-order valence-electron chi connectivity index (χ4n) is 5.01. The van der Waals surface area contributed by atoms with Gasteiger partial charge in [0.1, 0.15) is 11.8 Å². The van der Waals surface area contributed by atoms with Gasteiger partial charge in [-0.3, -0.25) is 9.59 Å². The molecule has 0 unspecified atom stereocenters. The number of rotatable bonds is 12. The summed E-state index contributed by atoms with van der Waals surface area (Å²) in [5.74, 6) is -0.548. The van der Waals surface area contributed by atoms with Crippen molar-refractivity contribution in [1.29, 1.82) is 0 Å². The highest BCUT2D eigenvalue weighted by Crippen LogP contribution is 2.26. The van der Waals surface area contributed by atoms with Crippen molar-refractivity contribution in [1.82, 2.24) is 14.5 Å². The Morgan fingerprint density at radius 3 is 2.20 bits per heavy atom. The fourth-order valence-corrected chi connectivity index (χ4v) is 6.75. The van der Waals surface area contributed by atoms with E-state index in [0.29, 0.717) is 34.6 Å². The van der Waals surface area contributed by atoms with Crippen LogP contribution in [0.3, 0.4) is 0 Å². The highest BCUT2D eigenvalue weighted by molar-refractivity contribution is 7.89. The van der Waals surface area contributed by atoms with E-state index in [-0.39, 0.29) is 31.1 Å². The van der Waals surface area contributed by atoms with Gasteiger partial charge in [0.2, 0.25) is 15.9 Å². The molecular formula is C34H33Cl2N3O6S. The molecule has 1 saturated heterocycles. The molecule has 1 atom stereocenters. The average molecular weight is 683 g/mol. The number of benzene rings is 4. The van der Waals surface area contributed by atoms with Crippen molar-refractivity contribution in [3.8, 4) is 5.75 Å². The molecule has 46 heavy (non-hydrogen) atoms. The fraction of sp³-hybridized carbons (Fsp3) is 0.235. The molecule has 0 bridgehead atoms. The minimum absolute atomic E-state index is 0.0924. The van der Waals surface area contributed by atoms with Crippen molar-refractivity contribution in [3.05, 3.63) is 130 Å². The van der Waals surface area contributed by atoms with Gasteiger partial charge in [0.15, 0.2) is 6.61 Å². The third-order valence-electron chi connectivity index (χ3n) is 7.47. The average Bonchev–Trinajstić information content (AvgIpc) is 3.08. The van der Waals surface area contributed by atoms with Crippen LogP contribution in [0.15, 0.2) is 108 Å². The lowest BCUT2D eigenvalue weighted by atomic mass is 10.0. The molecule has 0 spiro atoms. The number of sulfonamides is 1. The van der Waals surface area contributed by atoms with E-state index in [1.165, 1.54) is 33.5 Å². The molecule has 4 aromatic carbocycles. The minimum Gasteiger partial charge on any atom is -0.484 e. The van der Waals surface area contributed by atoms with Crippen LogP contribution in [0.4, 0.5) is 0 Å². The lowest BCUT2D eigenvalue weighted by Gasteiger charge is -2.31. The zero-order valence-electron chi connectivity index (χ0n) is 24.9. The highest BCUT2D eigenvalue weighted by Gasteiger charge is 2.32. The molecule has 1 N–H and O–H groups in total. The van der Waals surface area contributed by atoms with Crippen LogP contribution in [0.2, 0.25) is 10.0 Å². The second-order valence-corrected chi connectivity index (χ2v) is 13.3. The molecule has 1 heterocycles. The number of halogens is 2. The SMILES string of the molecule is O=C(NCc1ccccc1Cl)[C@@H](c1ccccc1)N(Cc1ccc(Cl)cc1)C(=O)COc1ccc(S(=O)(=O)N2CCOCC2)cc1. The van der Waals surface area contributed by atoms with Crippen molar-refractivity contribution < 1.29 is 27.5 Å². The van der Waals surface area contributed by atoms with Gasteiger partial charge in [-0.05, 0) is 59.2 Å². The van der Waals surface area contributed by atoms with Crippen LogP contribution in [-0.2, 0) is 37.4 Å². The molecule has 4 aromatic rings.